The maximum atomic E-state index is 5.85. The number of nitrogens with two attached hydrogens (primary N) is 1. The predicted molar refractivity (Wildman–Crippen MR) is 60.3 cm³/mol. The summed E-state index contributed by atoms with van der Waals surface area (Å²) in [5, 5.41) is 0.339. The topological polar surface area (TPSA) is 59.5 Å². The molecule has 0 saturated carbocycles. The zero-order valence-corrected chi connectivity index (χ0v) is 9.46. The molecule has 2 heterocycles. The van der Waals surface area contributed by atoms with Crippen molar-refractivity contribution in [2.75, 3.05) is 43.9 Å². The van der Waals surface area contributed by atoms with Gasteiger partial charge in [-0.3, -0.25) is 0 Å². The third-order valence-electron chi connectivity index (χ3n) is 2.73. The van der Waals surface area contributed by atoms with Gasteiger partial charge in [0.2, 0.25) is 0 Å². The quantitative estimate of drug-likeness (QED) is 0.609. The van der Waals surface area contributed by atoms with E-state index in [1.165, 1.54) is 11.2 Å². The zero-order chi connectivity index (χ0) is 10.8. The van der Waals surface area contributed by atoms with Crippen molar-refractivity contribution in [2.24, 2.45) is 0 Å². The first-order valence-corrected chi connectivity index (χ1v) is 5.38. The number of rotatable bonds is 1. The molecule has 0 amide bonds. The molecule has 82 valence electrons. The number of likely N-dealkylation sites (N-methyl/N-ethyl adjacent to an activating group) is 1. The highest BCUT2D eigenvalue weighted by Crippen LogP contribution is 2.25. The van der Waals surface area contributed by atoms with Crippen LogP contribution in [0.2, 0.25) is 5.15 Å². The van der Waals surface area contributed by atoms with Gasteiger partial charge in [0, 0.05) is 0 Å². The monoisotopic (exact) mass is 228 g/mol. The van der Waals surface area contributed by atoms with Crippen molar-refractivity contribution in [3.63, 3.8) is 0 Å². The smallest absolute Gasteiger partial charge is 0.157 e. The van der Waals surface area contributed by atoms with Crippen molar-refractivity contribution in [1.82, 2.24) is 9.97 Å². The molecule has 0 bridgehead atoms. The molecule has 6 heteroatoms. The number of hydrogen-bond acceptors (Lipinski definition) is 4. The Kier molecular flexibility index (Phi) is 2.93. The highest BCUT2D eigenvalue weighted by Gasteiger charge is 2.20. The molecule has 2 rings (SSSR count). The lowest BCUT2D eigenvalue weighted by molar-refractivity contribution is -0.880. The van der Waals surface area contributed by atoms with Crippen molar-refractivity contribution in [1.29, 1.82) is 0 Å². The first-order valence-electron chi connectivity index (χ1n) is 5.00. The Morgan fingerprint density at radius 3 is 2.73 bits per heavy atom. The molecule has 0 atom stereocenters. The molecule has 0 radical (unpaired) electrons. The van der Waals surface area contributed by atoms with Gasteiger partial charge in [0.15, 0.2) is 11.0 Å². The van der Waals surface area contributed by atoms with Crippen molar-refractivity contribution in [2.45, 2.75) is 0 Å². The lowest BCUT2D eigenvalue weighted by atomic mass is 10.3. The lowest BCUT2D eigenvalue weighted by Crippen LogP contribution is -3.12. The van der Waals surface area contributed by atoms with Crippen LogP contribution in [0.4, 0.5) is 11.5 Å². The second-order valence-electron chi connectivity index (χ2n) is 3.85. The van der Waals surface area contributed by atoms with Gasteiger partial charge in [-0.25, -0.2) is 9.97 Å². The van der Waals surface area contributed by atoms with Crippen LogP contribution in [0.3, 0.4) is 0 Å². The van der Waals surface area contributed by atoms with Crippen LogP contribution in [-0.2, 0) is 0 Å². The average Bonchev–Trinajstić information content (AvgIpc) is 2.24. The minimum Gasteiger partial charge on any atom is -0.393 e. The molecule has 1 fully saturated rings. The van der Waals surface area contributed by atoms with Crippen LogP contribution in [0, 0.1) is 0 Å². The van der Waals surface area contributed by atoms with E-state index in [-0.39, 0.29) is 0 Å². The van der Waals surface area contributed by atoms with Gasteiger partial charge in [-0.2, -0.15) is 0 Å². The maximum Gasteiger partial charge on any atom is 0.157 e. The predicted octanol–water partition coefficient (Wildman–Crippen LogP) is -0.953. The molecule has 1 aliphatic rings. The third-order valence-corrected chi connectivity index (χ3v) is 3.03. The van der Waals surface area contributed by atoms with Crippen LogP contribution in [0.5, 0.6) is 0 Å². The molecule has 1 aromatic heterocycles. The fourth-order valence-electron chi connectivity index (χ4n) is 1.72. The van der Waals surface area contributed by atoms with Gasteiger partial charge in [0.1, 0.15) is 12.0 Å². The van der Waals surface area contributed by atoms with Crippen molar-refractivity contribution in [3.05, 3.63) is 11.5 Å². The fourth-order valence-corrected chi connectivity index (χ4v) is 1.85. The molecule has 1 saturated heterocycles. The summed E-state index contributed by atoms with van der Waals surface area (Å²) in [5.74, 6) is 0.766. The first kappa shape index (κ1) is 10.4. The van der Waals surface area contributed by atoms with Gasteiger partial charge in [0.25, 0.3) is 0 Å². The largest absolute Gasteiger partial charge is 0.393 e. The first-order chi connectivity index (χ1) is 7.18. The summed E-state index contributed by atoms with van der Waals surface area (Å²) in [5.41, 5.74) is 6.33. The Morgan fingerprint density at radius 1 is 1.40 bits per heavy atom. The minimum atomic E-state index is 0.339. The molecule has 0 spiro atoms. The van der Waals surface area contributed by atoms with E-state index in [0.717, 1.165) is 32.0 Å². The van der Waals surface area contributed by atoms with Crippen molar-refractivity contribution >= 4 is 23.1 Å². The SMILES string of the molecule is C[NH+]1CCN(c2ncnc(Cl)c2N)CC1. The molecular weight excluding hydrogens is 214 g/mol. The van der Waals surface area contributed by atoms with Crippen LogP contribution in [-0.4, -0.2) is 43.2 Å². The van der Waals surface area contributed by atoms with Gasteiger partial charge < -0.3 is 15.5 Å². The number of aromatic nitrogens is 2. The van der Waals surface area contributed by atoms with Crippen LogP contribution in [0.1, 0.15) is 0 Å². The highest BCUT2D eigenvalue weighted by atomic mass is 35.5. The average molecular weight is 229 g/mol. The van der Waals surface area contributed by atoms with Crippen molar-refractivity contribution in [3.8, 4) is 0 Å². The van der Waals surface area contributed by atoms with E-state index in [9.17, 15) is 0 Å². The number of nitrogens with one attached hydrogen (secondary N) is 1. The van der Waals surface area contributed by atoms with E-state index in [1.807, 2.05) is 0 Å². The Labute approximate surface area is 93.9 Å². The van der Waals surface area contributed by atoms with Gasteiger partial charge in [0.05, 0.1) is 33.2 Å². The Hall–Kier alpha value is -1.07. The number of anilines is 2. The second-order valence-corrected chi connectivity index (χ2v) is 4.20. The number of hydrogen-bond donors (Lipinski definition) is 2. The van der Waals surface area contributed by atoms with Gasteiger partial charge in [-0.1, -0.05) is 11.6 Å². The summed E-state index contributed by atoms with van der Waals surface area (Å²) in [4.78, 5) is 11.7. The molecule has 0 unspecified atom stereocenters. The summed E-state index contributed by atoms with van der Waals surface area (Å²) < 4.78 is 0. The van der Waals surface area contributed by atoms with E-state index in [1.54, 1.807) is 0 Å². The van der Waals surface area contributed by atoms with Gasteiger partial charge >= 0.3 is 0 Å². The van der Waals surface area contributed by atoms with Crippen molar-refractivity contribution < 1.29 is 4.90 Å². The Bertz CT molecular complexity index is 348. The summed E-state index contributed by atoms with van der Waals surface area (Å²) in [7, 11) is 2.19. The summed E-state index contributed by atoms with van der Waals surface area (Å²) >= 11 is 5.85. The molecule has 3 N–H and O–H groups in total. The fraction of sp³-hybridized carbons (Fsp3) is 0.556. The minimum absolute atomic E-state index is 0.339. The molecule has 1 aliphatic heterocycles. The maximum absolute atomic E-state index is 5.85. The van der Waals surface area contributed by atoms with E-state index in [4.69, 9.17) is 17.3 Å². The number of nitrogen functional groups attached to an aromatic ring is 1. The molecule has 5 nitrogen and oxygen atoms in total. The molecule has 1 aromatic rings. The van der Waals surface area contributed by atoms with E-state index < -0.39 is 0 Å². The normalized spacial score (nSPS) is 18.1. The van der Waals surface area contributed by atoms with E-state index >= 15 is 0 Å². The van der Waals surface area contributed by atoms with E-state index in [2.05, 4.69) is 21.9 Å². The second kappa shape index (κ2) is 4.20. The molecule has 15 heavy (non-hydrogen) atoms. The number of nitrogens with zero attached hydrogens (tertiary/aromatic N) is 3. The molecule has 0 aromatic carbocycles. The summed E-state index contributed by atoms with van der Waals surface area (Å²) in [6, 6.07) is 0. The van der Waals surface area contributed by atoms with Crippen LogP contribution >= 0.6 is 11.6 Å². The molecule has 0 aliphatic carbocycles. The van der Waals surface area contributed by atoms with Gasteiger partial charge in [-0.05, 0) is 0 Å². The van der Waals surface area contributed by atoms with Crippen LogP contribution in [0.25, 0.3) is 0 Å². The van der Waals surface area contributed by atoms with Gasteiger partial charge in [-0.15, -0.1) is 0 Å². The number of quaternary nitrogens is 1. The lowest BCUT2D eigenvalue weighted by Gasteiger charge is -2.31. The summed E-state index contributed by atoms with van der Waals surface area (Å²) in [6.07, 6.45) is 1.46. The highest BCUT2D eigenvalue weighted by molar-refractivity contribution is 6.32. The Balaban J connectivity index is 2.19. The zero-order valence-electron chi connectivity index (χ0n) is 8.70. The Morgan fingerprint density at radius 2 is 2.07 bits per heavy atom. The van der Waals surface area contributed by atoms with E-state index in [0.29, 0.717) is 10.8 Å². The van der Waals surface area contributed by atoms with Crippen LogP contribution in [0.15, 0.2) is 6.33 Å². The summed E-state index contributed by atoms with van der Waals surface area (Å²) in [6.45, 7) is 4.12. The number of halogens is 1. The van der Waals surface area contributed by atoms with Crippen LogP contribution < -0.4 is 15.5 Å². The number of piperazine rings is 1. The third kappa shape index (κ3) is 2.13. The molecular formula is C9H15ClN5+. The standard InChI is InChI=1S/C9H14ClN5/c1-14-2-4-15(5-3-14)9-7(11)8(10)12-6-13-9/h6H,2-5,11H2,1H3/p+1.